The predicted octanol–water partition coefficient (Wildman–Crippen LogP) is 2.13. The number of rotatable bonds is 6. The van der Waals surface area contributed by atoms with E-state index in [0.717, 1.165) is 63.0 Å². The van der Waals surface area contributed by atoms with E-state index in [2.05, 4.69) is 49.8 Å². The van der Waals surface area contributed by atoms with E-state index >= 15 is 0 Å². The molecule has 0 atom stereocenters. The van der Waals surface area contributed by atoms with Gasteiger partial charge in [0.05, 0.1) is 6.54 Å². The van der Waals surface area contributed by atoms with Crippen molar-refractivity contribution >= 4 is 23.2 Å². The molecule has 0 unspecified atom stereocenters. The van der Waals surface area contributed by atoms with Crippen LogP contribution in [0.25, 0.3) is 0 Å². The van der Waals surface area contributed by atoms with Gasteiger partial charge >= 0.3 is 0 Å². The van der Waals surface area contributed by atoms with E-state index in [4.69, 9.17) is 0 Å². The maximum absolute atomic E-state index is 12.5. The molecule has 2 heterocycles. The normalized spacial score (nSPS) is 16.7. The van der Waals surface area contributed by atoms with Crippen LogP contribution in [0.4, 0.5) is 11.4 Å². The van der Waals surface area contributed by atoms with Crippen molar-refractivity contribution in [2.75, 3.05) is 56.0 Å². The largest absolute Gasteiger partial charge is 0.369 e. The molecule has 0 aliphatic carbocycles. The SMILES string of the molecule is CCN1CCN(c2ccc(C(=O)NCc3ccc(NC4=NCCN4)cc3)cc2)CC1. The standard InChI is InChI=1S/C23H30N6O/c1-2-28-13-15-29(16-14-28)21-9-5-19(6-10-21)22(30)26-17-18-3-7-20(8-4-18)27-23-24-11-12-25-23/h3-10H,2,11-17H2,1H3,(H,26,30)(H2,24,25,27). The summed E-state index contributed by atoms with van der Waals surface area (Å²) in [4.78, 5) is 21.7. The van der Waals surface area contributed by atoms with Crippen LogP contribution >= 0.6 is 0 Å². The van der Waals surface area contributed by atoms with Crippen molar-refractivity contribution in [1.82, 2.24) is 15.5 Å². The van der Waals surface area contributed by atoms with Gasteiger partial charge in [-0.2, -0.15) is 0 Å². The summed E-state index contributed by atoms with van der Waals surface area (Å²) in [5.74, 6) is 0.760. The second kappa shape index (κ2) is 9.63. The topological polar surface area (TPSA) is 72.0 Å². The Labute approximate surface area is 178 Å². The summed E-state index contributed by atoms with van der Waals surface area (Å²) < 4.78 is 0. The summed E-state index contributed by atoms with van der Waals surface area (Å²) in [6.07, 6.45) is 0. The first-order valence-corrected chi connectivity index (χ1v) is 10.7. The summed E-state index contributed by atoms with van der Waals surface area (Å²) in [6.45, 7) is 9.76. The van der Waals surface area contributed by atoms with E-state index in [0.29, 0.717) is 12.1 Å². The molecule has 3 N–H and O–H groups in total. The summed E-state index contributed by atoms with van der Waals surface area (Å²) in [5, 5.41) is 9.43. The molecule has 0 saturated carbocycles. The Hall–Kier alpha value is -3.06. The van der Waals surface area contributed by atoms with Crippen molar-refractivity contribution in [2.45, 2.75) is 13.5 Å². The Morgan fingerprint density at radius 2 is 1.77 bits per heavy atom. The molecule has 4 rings (SSSR count). The van der Waals surface area contributed by atoms with Gasteiger partial charge in [-0.05, 0) is 48.5 Å². The number of piperazine rings is 1. The number of aliphatic imine (C=N–C) groups is 1. The maximum atomic E-state index is 12.5. The zero-order valence-electron chi connectivity index (χ0n) is 17.5. The van der Waals surface area contributed by atoms with Gasteiger partial charge in [-0.15, -0.1) is 0 Å². The van der Waals surface area contributed by atoms with Crippen LogP contribution in [0.2, 0.25) is 0 Å². The summed E-state index contributed by atoms with van der Waals surface area (Å²) in [6, 6.07) is 16.0. The minimum absolute atomic E-state index is 0.0518. The van der Waals surface area contributed by atoms with Gasteiger partial charge < -0.3 is 25.8 Å². The monoisotopic (exact) mass is 406 g/mol. The Kier molecular flexibility index (Phi) is 6.49. The van der Waals surface area contributed by atoms with Gasteiger partial charge in [0.2, 0.25) is 0 Å². The first-order chi connectivity index (χ1) is 14.7. The second-order valence-electron chi connectivity index (χ2n) is 7.63. The fourth-order valence-corrected chi connectivity index (χ4v) is 3.75. The lowest BCUT2D eigenvalue weighted by Gasteiger charge is -2.35. The zero-order valence-corrected chi connectivity index (χ0v) is 17.5. The number of likely N-dealkylation sites (N-methyl/N-ethyl adjacent to an activating group) is 1. The first-order valence-electron chi connectivity index (χ1n) is 10.7. The number of carbonyl (C=O) groups is 1. The molecule has 0 aromatic heterocycles. The molecule has 0 spiro atoms. The van der Waals surface area contributed by atoms with Crippen LogP contribution in [0.15, 0.2) is 53.5 Å². The molecule has 2 aliphatic rings. The fourth-order valence-electron chi connectivity index (χ4n) is 3.75. The van der Waals surface area contributed by atoms with E-state index in [1.54, 1.807) is 0 Å². The first kappa shape index (κ1) is 20.2. The maximum Gasteiger partial charge on any atom is 0.251 e. The number of hydrogen-bond acceptors (Lipinski definition) is 6. The predicted molar refractivity (Wildman–Crippen MR) is 122 cm³/mol. The molecule has 1 fully saturated rings. The molecular weight excluding hydrogens is 376 g/mol. The van der Waals surface area contributed by atoms with Gasteiger partial charge in [0.25, 0.3) is 5.91 Å². The average Bonchev–Trinajstić information content (AvgIpc) is 3.32. The Morgan fingerprint density at radius 3 is 2.40 bits per heavy atom. The molecule has 2 aromatic carbocycles. The third kappa shape index (κ3) is 5.10. The smallest absolute Gasteiger partial charge is 0.251 e. The van der Waals surface area contributed by atoms with Crippen molar-refractivity contribution in [3.63, 3.8) is 0 Å². The van der Waals surface area contributed by atoms with E-state index in [9.17, 15) is 4.79 Å². The molecule has 1 amide bonds. The summed E-state index contributed by atoms with van der Waals surface area (Å²) in [7, 11) is 0. The lowest BCUT2D eigenvalue weighted by Crippen LogP contribution is -2.46. The Bertz CT molecular complexity index is 870. The quantitative estimate of drug-likeness (QED) is 0.686. The van der Waals surface area contributed by atoms with E-state index < -0.39 is 0 Å². The summed E-state index contributed by atoms with van der Waals surface area (Å²) >= 11 is 0. The lowest BCUT2D eigenvalue weighted by atomic mass is 10.1. The van der Waals surface area contributed by atoms with Crippen LogP contribution in [0.1, 0.15) is 22.8 Å². The number of nitrogens with one attached hydrogen (secondary N) is 3. The highest BCUT2D eigenvalue weighted by Crippen LogP contribution is 2.17. The van der Waals surface area contributed by atoms with Gasteiger partial charge in [0.15, 0.2) is 5.96 Å². The molecule has 1 saturated heterocycles. The Balaban J connectivity index is 1.26. The highest BCUT2D eigenvalue weighted by molar-refractivity contribution is 5.95. The van der Waals surface area contributed by atoms with Gasteiger partial charge in [-0.25, -0.2) is 0 Å². The third-order valence-corrected chi connectivity index (χ3v) is 5.66. The van der Waals surface area contributed by atoms with Gasteiger partial charge in [0.1, 0.15) is 0 Å². The number of nitrogens with zero attached hydrogens (tertiary/aromatic N) is 3. The van der Waals surface area contributed by atoms with Crippen molar-refractivity contribution < 1.29 is 4.79 Å². The van der Waals surface area contributed by atoms with E-state index in [1.165, 1.54) is 5.69 Å². The fraction of sp³-hybridized carbons (Fsp3) is 0.391. The van der Waals surface area contributed by atoms with Crippen LogP contribution in [0.3, 0.4) is 0 Å². The average molecular weight is 407 g/mol. The van der Waals surface area contributed by atoms with Crippen molar-refractivity contribution in [3.8, 4) is 0 Å². The summed E-state index contributed by atoms with van der Waals surface area (Å²) in [5.41, 5.74) is 3.91. The number of carbonyl (C=O) groups excluding carboxylic acids is 1. The minimum Gasteiger partial charge on any atom is -0.369 e. The van der Waals surface area contributed by atoms with E-state index in [-0.39, 0.29) is 5.91 Å². The molecule has 0 radical (unpaired) electrons. The highest BCUT2D eigenvalue weighted by atomic mass is 16.1. The highest BCUT2D eigenvalue weighted by Gasteiger charge is 2.16. The number of anilines is 2. The second-order valence-corrected chi connectivity index (χ2v) is 7.63. The van der Waals surface area contributed by atoms with Gasteiger partial charge in [-0.3, -0.25) is 9.79 Å². The van der Waals surface area contributed by atoms with Crippen LogP contribution in [-0.2, 0) is 6.54 Å². The van der Waals surface area contributed by atoms with Crippen molar-refractivity contribution in [2.24, 2.45) is 4.99 Å². The molecule has 158 valence electrons. The number of benzene rings is 2. The van der Waals surface area contributed by atoms with E-state index in [1.807, 2.05) is 36.4 Å². The van der Waals surface area contributed by atoms with Crippen LogP contribution in [0, 0.1) is 0 Å². The molecule has 30 heavy (non-hydrogen) atoms. The van der Waals surface area contributed by atoms with Gasteiger partial charge in [-0.1, -0.05) is 19.1 Å². The number of guanidine groups is 1. The molecule has 7 nitrogen and oxygen atoms in total. The van der Waals surface area contributed by atoms with Crippen LogP contribution in [-0.4, -0.2) is 62.6 Å². The Morgan fingerprint density at radius 1 is 1.03 bits per heavy atom. The molecule has 2 aliphatic heterocycles. The van der Waals surface area contributed by atoms with Crippen LogP contribution < -0.4 is 20.9 Å². The minimum atomic E-state index is -0.0518. The molecule has 0 bridgehead atoms. The molecule has 7 heteroatoms. The zero-order chi connectivity index (χ0) is 20.8. The van der Waals surface area contributed by atoms with Crippen molar-refractivity contribution in [1.29, 1.82) is 0 Å². The van der Waals surface area contributed by atoms with Crippen LogP contribution in [0.5, 0.6) is 0 Å². The third-order valence-electron chi connectivity index (χ3n) is 5.66. The number of hydrogen-bond donors (Lipinski definition) is 3. The molecular formula is C23H30N6O. The number of amides is 1. The molecule has 2 aromatic rings. The van der Waals surface area contributed by atoms with Crippen molar-refractivity contribution in [3.05, 3.63) is 59.7 Å². The van der Waals surface area contributed by atoms with Gasteiger partial charge in [0, 0.05) is 56.2 Å². The lowest BCUT2D eigenvalue weighted by molar-refractivity contribution is 0.0951.